The van der Waals surface area contributed by atoms with Crippen molar-refractivity contribution in [1.29, 1.82) is 0 Å². The number of morpholine rings is 1. The van der Waals surface area contributed by atoms with Gasteiger partial charge in [0.05, 0.1) is 44.5 Å². The highest BCUT2D eigenvalue weighted by Gasteiger charge is 2.39. The average Bonchev–Trinajstić information content (AvgIpc) is 2.93. The molecule has 0 bridgehead atoms. The molecule has 2 aliphatic rings. The summed E-state index contributed by atoms with van der Waals surface area (Å²) in [7, 11) is 0. The smallest absolute Gasteiger partial charge is 0.230 e. The molecule has 2 N–H and O–H groups in total. The molecular weight excluding hydrogens is 260 g/mol. The van der Waals surface area contributed by atoms with Gasteiger partial charge in [-0.1, -0.05) is 6.92 Å². The Morgan fingerprint density at radius 3 is 2.90 bits per heavy atom. The van der Waals surface area contributed by atoms with Crippen LogP contribution in [0.1, 0.15) is 20.3 Å². The lowest BCUT2D eigenvalue weighted by atomic mass is 10.00. The van der Waals surface area contributed by atoms with Crippen LogP contribution in [-0.4, -0.2) is 73.6 Å². The Bertz CT molecular complexity index is 326. The predicted molar refractivity (Wildman–Crippen MR) is 74.4 cm³/mol. The number of carbonyl (C=O) groups excluding carboxylic acids is 1. The number of aliphatic hydroxyl groups is 1. The zero-order valence-electron chi connectivity index (χ0n) is 12.4. The number of aliphatic hydroxyl groups excluding tert-OH is 1. The Hall–Kier alpha value is -0.690. The summed E-state index contributed by atoms with van der Waals surface area (Å²) in [6.07, 6.45) is 0.775. The second-order valence-corrected chi connectivity index (χ2v) is 5.68. The normalized spacial score (nSPS) is 34.5. The zero-order chi connectivity index (χ0) is 14.5. The van der Waals surface area contributed by atoms with E-state index >= 15 is 0 Å². The summed E-state index contributed by atoms with van der Waals surface area (Å²) in [5.74, 6) is -0.00760. The van der Waals surface area contributed by atoms with Crippen LogP contribution in [0, 0.1) is 5.92 Å². The summed E-state index contributed by atoms with van der Waals surface area (Å²) < 4.78 is 11.0. The van der Waals surface area contributed by atoms with Gasteiger partial charge in [-0.05, 0) is 19.9 Å². The monoisotopic (exact) mass is 286 g/mol. The number of ether oxygens (including phenoxy) is 2. The first kappa shape index (κ1) is 15.7. The predicted octanol–water partition coefficient (Wildman–Crippen LogP) is -0.391. The molecule has 4 unspecified atom stereocenters. The molecule has 6 nitrogen and oxygen atoms in total. The Balaban J connectivity index is 1.97. The summed E-state index contributed by atoms with van der Waals surface area (Å²) in [6, 6.07) is 0.155. The van der Waals surface area contributed by atoms with Crippen molar-refractivity contribution in [2.24, 2.45) is 5.92 Å². The van der Waals surface area contributed by atoms with Gasteiger partial charge in [0.2, 0.25) is 5.91 Å². The Morgan fingerprint density at radius 2 is 2.20 bits per heavy atom. The summed E-state index contributed by atoms with van der Waals surface area (Å²) in [5, 5.41) is 12.6. The molecule has 2 heterocycles. The molecule has 6 heteroatoms. The van der Waals surface area contributed by atoms with Gasteiger partial charge >= 0.3 is 0 Å². The van der Waals surface area contributed by atoms with Crippen LogP contribution in [0.15, 0.2) is 0 Å². The fourth-order valence-electron chi connectivity index (χ4n) is 2.78. The Morgan fingerprint density at radius 1 is 1.40 bits per heavy atom. The van der Waals surface area contributed by atoms with Crippen LogP contribution in [0.2, 0.25) is 0 Å². The molecule has 116 valence electrons. The Labute approximate surface area is 120 Å². The number of hydrogen-bond donors (Lipinski definition) is 2. The van der Waals surface area contributed by atoms with E-state index in [9.17, 15) is 9.90 Å². The van der Waals surface area contributed by atoms with Crippen LogP contribution in [0.4, 0.5) is 0 Å². The third-order valence-corrected chi connectivity index (χ3v) is 4.05. The van der Waals surface area contributed by atoms with Crippen molar-refractivity contribution >= 4 is 5.91 Å². The number of nitrogens with zero attached hydrogens (tertiary/aromatic N) is 1. The molecule has 0 saturated carbocycles. The minimum Gasteiger partial charge on any atom is -0.394 e. The van der Waals surface area contributed by atoms with Crippen molar-refractivity contribution in [2.75, 3.05) is 39.5 Å². The molecule has 1 amide bonds. The molecule has 0 aromatic heterocycles. The molecular formula is C14H26N2O4. The van der Waals surface area contributed by atoms with Crippen LogP contribution in [0.5, 0.6) is 0 Å². The maximum absolute atomic E-state index is 12.7. The topological polar surface area (TPSA) is 71.0 Å². The number of rotatable bonds is 5. The molecule has 2 fully saturated rings. The average molecular weight is 286 g/mol. The van der Waals surface area contributed by atoms with E-state index in [1.54, 1.807) is 0 Å². The lowest BCUT2D eigenvalue weighted by molar-refractivity contribution is -0.150. The fraction of sp³-hybridized carbons (Fsp3) is 0.929. The van der Waals surface area contributed by atoms with Gasteiger partial charge in [0.15, 0.2) is 0 Å². The molecule has 0 aliphatic carbocycles. The number of hydrogen-bond acceptors (Lipinski definition) is 5. The summed E-state index contributed by atoms with van der Waals surface area (Å²) in [4.78, 5) is 14.6. The van der Waals surface area contributed by atoms with Crippen LogP contribution in [0.3, 0.4) is 0 Å². The molecule has 20 heavy (non-hydrogen) atoms. The lowest BCUT2D eigenvalue weighted by Crippen LogP contribution is -2.56. The van der Waals surface area contributed by atoms with E-state index in [4.69, 9.17) is 9.47 Å². The maximum atomic E-state index is 12.7. The van der Waals surface area contributed by atoms with Gasteiger partial charge < -0.3 is 24.8 Å². The van der Waals surface area contributed by atoms with Crippen LogP contribution in [-0.2, 0) is 14.3 Å². The van der Waals surface area contributed by atoms with E-state index in [0.29, 0.717) is 26.4 Å². The molecule has 2 rings (SSSR count). The number of carbonyl (C=O) groups is 1. The van der Waals surface area contributed by atoms with Gasteiger partial charge in [-0.25, -0.2) is 0 Å². The highest BCUT2D eigenvalue weighted by atomic mass is 16.5. The molecule has 2 aliphatic heterocycles. The van der Waals surface area contributed by atoms with Crippen LogP contribution < -0.4 is 5.32 Å². The van der Waals surface area contributed by atoms with Gasteiger partial charge in [-0.3, -0.25) is 4.79 Å². The van der Waals surface area contributed by atoms with E-state index in [1.807, 2.05) is 11.8 Å². The van der Waals surface area contributed by atoms with E-state index < -0.39 is 0 Å². The van der Waals surface area contributed by atoms with Crippen LogP contribution in [0.25, 0.3) is 0 Å². The summed E-state index contributed by atoms with van der Waals surface area (Å²) in [5.41, 5.74) is 0. The SMILES string of the molecule is CCCNC1COCC1C(=O)N1CC(CO)OCC1C. The largest absolute Gasteiger partial charge is 0.394 e. The highest BCUT2D eigenvalue weighted by Crippen LogP contribution is 2.21. The zero-order valence-corrected chi connectivity index (χ0v) is 12.4. The number of nitrogens with one attached hydrogen (secondary N) is 1. The first-order valence-corrected chi connectivity index (χ1v) is 7.51. The molecule has 0 aromatic rings. The van der Waals surface area contributed by atoms with Gasteiger partial charge in [-0.2, -0.15) is 0 Å². The van der Waals surface area contributed by atoms with Crippen molar-refractivity contribution < 1.29 is 19.4 Å². The minimum atomic E-state index is -0.264. The van der Waals surface area contributed by atoms with Crippen molar-refractivity contribution in [2.45, 2.75) is 38.5 Å². The van der Waals surface area contributed by atoms with Gasteiger partial charge in [0, 0.05) is 12.6 Å². The third-order valence-electron chi connectivity index (χ3n) is 4.05. The molecule has 0 radical (unpaired) electrons. The van der Waals surface area contributed by atoms with Crippen molar-refractivity contribution in [3.63, 3.8) is 0 Å². The van der Waals surface area contributed by atoms with Gasteiger partial charge in [0.25, 0.3) is 0 Å². The van der Waals surface area contributed by atoms with E-state index in [0.717, 1.165) is 13.0 Å². The first-order valence-electron chi connectivity index (χ1n) is 7.51. The third kappa shape index (κ3) is 3.49. The molecule has 2 saturated heterocycles. The molecule has 0 aromatic carbocycles. The second-order valence-electron chi connectivity index (χ2n) is 5.68. The highest BCUT2D eigenvalue weighted by molar-refractivity contribution is 5.80. The fourth-order valence-corrected chi connectivity index (χ4v) is 2.78. The minimum absolute atomic E-state index is 0.0464. The molecule has 4 atom stereocenters. The first-order chi connectivity index (χ1) is 9.67. The Kier molecular flexibility index (Phi) is 5.77. The second kappa shape index (κ2) is 7.36. The van der Waals surface area contributed by atoms with Crippen molar-refractivity contribution in [1.82, 2.24) is 10.2 Å². The van der Waals surface area contributed by atoms with Gasteiger partial charge in [0.1, 0.15) is 0 Å². The van der Waals surface area contributed by atoms with Crippen molar-refractivity contribution in [3.05, 3.63) is 0 Å². The lowest BCUT2D eigenvalue weighted by Gasteiger charge is -2.39. The van der Waals surface area contributed by atoms with E-state index in [2.05, 4.69) is 12.2 Å². The number of amides is 1. The maximum Gasteiger partial charge on any atom is 0.230 e. The van der Waals surface area contributed by atoms with Crippen LogP contribution >= 0.6 is 0 Å². The summed E-state index contributed by atoms with van der Waals surface area (Å²) >= 11 is 0. The van der Waals surface area contributed by atoms with Gasteiger partial charge in [-0.15, -0.1) is 0 Å². The summed E-state index contributed by atoms with van der Waals surface area (Å²) in [6.45, 7) is 6.97. The molecule has 0 spiro atoms. The quantitative estimate of drug-likeness (QED) is 0.720. The standard InChI is InChI=1S/C14H26N2O4/c1-3-4-15-13-9-19-8-12(13)14(18)16-5-11(6-17)20-7-10(16)2/h10-13,15,17H,3-9H2,1-2H3. The van der Waals surface area contributed by atoms with Crippen molar-refractivity contribution in [3.8, 4) is 0 Å². The van der Waals surface area contributed by atoms with E-state index in [1.165, 1.54) is 0 Å². The van der Waals surface area contributed by atoms with E-state index in [-0.39, 0.29) is 36.6 Å².